The molecular formula is C16H17ClN3NaO6S. The Labute approximate surface area is 190 Å². The van der Waals surface area contributed by atoms with E-state index in [1.165, 1.54) is 11.0 Å². The van der Waals surface area contributed by atoms with Crippen molar-refractivity contribution in [2.75, 3.05) is 17.7 Å². The number of likely N-dealkylation sites (tertiary alicyclic amines) is 1. The largest absolute Gasteiger partial charge is 1.00 e. The first-order chi connectivity index (χ1) is 12.7. The maximum atomic E-state index is 12.3. The molecule has 2 N–H and O–H groups in total. The summed E-state index contributed by atoms with van der Waals surface area (Å²) in [6.07, 6.45) is 3.12. The molecule has 2 aliphatic heterocycles. The third-order valence-corrected chi connectivity index (χ3v) is 5.59. The number of nitrogens with zero attached hydrogens (tertiary/aromatic N) is 2. The zero-order valence-electron chi connectivity index (χ0n) is 15.9. The minimum atomic E-state index is -4.60. The quantitative estimate of drug-likeness (QED) is 0.174. The minimum absolute atomic E-state index is 0. The monoisotopic (exact) mass is 437 g/mol. The molecular weight excluding hydrogens is 421 g/mol. The van der Waals surface area contributed by atoms with Gasteiger partial charge in [0.15, 0.2) is 0 Å². The fourth-order valence-corrected chi connectivity index (χ4v) is 4.16. The van der Waals surface area contributed by atoms with Crippen LogP contribution in [0.25, 0.3) is 6.08 Å². The molecule has 146 valence electrons. The van der Waals surface area contributed by atoms with Gasteiger partial charge in [-0.05, 0) is 30.2 Å². The summed E-state index contributed by atoms with van der Waals surface area (Å²) < 4.78 is 31.8. The average Bonchev–Trinajstić information content (AvgIpc) is 2.98. The van der Waals surface area contributed by atoms with E-state index in [0.29, 0.717) is 15.6 Å². The van der Waals surface area contributed by atoms with Gasteiger partial charge >= 0.3 is 39.9 Å². The van der Waals surface area contributed by atoms with Crippen molar-refractivity contribution in [2.45, 2.75) is 18.5 Å². The number of hydrogen-bond acceptors (Lipinski definition) is 5. The predicted molar refractivity (Wildman–Crippen MR) is 98.2 cm³/mol. The zero-order chi connectivity index (χ0) is 19.8. The molecule has 1 aromatic rings. The molecule has 3 rings (SSSR count). The van der Waals surface area contributed by atoms with Crippen molar-refractivity contribution in [3.8, 4) is 0 Å². The van der Waals surface area contributed by atoms with Gasteiger partial charge in [0.25, 0.3) is 5.91 Å². The molecule has 28 heavy (non-hydrogen) atoms. The first kappa shape index (κ1) is 22.9. The molecule has 2 atom stereocenters. The normalized spacial score (nSPS) is 21.1. The summed E-state index contributed by atoms with van der Waals surface area (Å²) in [6, 6.07) is 5.11. The van der Waals surface area contributed by atoms with Crippen LogP contribution in [0.3, 0.4) is 0 Å². The van der Waals surface area contributed by atoms with E-state index in [1.807, 2.05) is 0 Å². The first-order valence-electron chi connectivity index (χ1n) is 7.97. The van der Waals surface area contributed by atoms with E-state index in [4.69, 9.17) is 16.2 Å². The van der Waals surface area contributed by atoms with E-state index in [0.717, 1.165) is 0 Å². The average molecular weight is 438 g/mol. The van der Waals surface area contributed by atoms with Crippen molar-refractivity contribution >= 4 is 51.4 Å². The van der Waals surface area contributed by atoms with Crippen LogP contribution < -0.4 is 34.9 Å². The van der Waals surface area contributed by atoms with Gasteiger partial charge in [-0.25, -0.2) is 4.31 Å². The smallest absolute Gasteiger partial charge is 1.00 e. The SMILES string of the molecule is O=C(CCl)Nc1ccc(/C=C/C(=O)N2CC[C@@H]3[C@H]2C(=O)N3S(=O)(=O)O)cc1.[H-].[Na+]. The molecule has 2 aliphatic rings. The predicted octanol–water partition coefficient (Wildman–Crippen LogP) is -2.39. The van der Waals surface area contributed by atoms with E-state index in [9.17, 15) is 22.8 Å². The summed E-state index contributed by atoms with van der Waals surface area (Å²) in [4.78, 5) is 36.8. The number of carbonyl (C=O) groups is 3. The molecule has 0 aromatic heterocycles. The topological polar surface area (TPSA) is 124 Å². The number of benzene rings is 1. The number of halogens is 1. The van der Waals surface area contributed by atoms with Gasteiger partial charge in [0.2, 0.25) is 11.8 Å². The molecule has 12 heteroatoms. The molecule has 3 amide bonds. The molecule has 9 nitrogen and oxygen atoms in total. The van der Waals surface area contributed by atoms with Crippen LogP contribution in [-0.4, -0.2) is 64.4 Å². The number of anilines is 1. The van der Waals surface area contributed by atoms with Gasteiger partial charge in [-0.2, -0.15) is 8.42 Å². The van der Waals surface area contributed by atoms with Gasteiger partial charge in [0, 0.05) is 18.3 Å². The van der Waals surface area contributed by atoms with E-state index >= 15 is 0 Å². The third kappa shape index (κ3) is 4.58. The Morgan fingerprint density at radius 3 is 2.54 bits per heavy atom. The van der Waals surface area contributed by atoms with Gasteiger partial charge in [0.05, 0.1) is 6.04 Å². The molecule has 0 spiro atoms. The van der Waals surface area contributed by atoms with Gasteiger partial charge in [-0.1, -0.05) is 12.1 Å². The number of nitrogens with one attached hydrogen (secondary N) is 1. The van der Waals surface area contributed by atoms with Gasteiger partial charge in [-0.15, -0.1) is 11.6 Å². The second-order valence-corrected chi connectivity index (χ2v) is 7.64. The van der Waals surface area contributed by atoms with Crippen LogP contribution >= 0.6 is 11.6 Å². The van der Waals surface area contributed by atoms with Crippen LogP contribution in [0.2, 0.25) is 0 Å². The minimum Gasteiger partial charge on any atom is -1.00 e. The molecule has 0 saturated carbocycles. The maximum absolute atomic E-state index is 12.3. The Hall–Kier alpha value is -1.43. The number of amides is 3. The first-order valence-corrected chi connectivity index (χ1v) is 9.91. The molecule has 2 heterocycles. The second kappa shape index (κ2) is 8.93. The van der Waals surface area contributed by atoms with Crippen molar-refractivity contribution < 1.29 is 58.3 Å². The summed E-state index contributed by atoms with van der Waals surface area (Å²) >= 11 is 5.41. The van der Waals surface area contributed by atoms with Gasteiger partial charge < -0.3 is 11.6 Å². The fourth-order valence-electron chi connectivity index (χ4n) is 3.20. The Morgan fingerprint density at radius 1 is 1.32 bits per heavy atom. The van der Waals surface area contributed by atoms with Crippen LogP contribution in [0.15, 0.2) is 30.3 Å². The van der Waals surface area contributed by atoms with E-state index < -0.39 is 34.2 Å². The number of carbonyl (C=O) groups excluding carboxylic acids is 3. The van der Waals surface area contributed by atoms with Crippen molar-refractivity contribution in [3.05, 3.63) is 35.9 Å². The molecule has 0 bridgehead atoms. The maximum Gasteiger partial charge on any atom is 1.00 e. The zero-order valence-corrected chi connectivity index (χ0v) is 18.5. The fraction of sp³-hybridized carbons (Fsp3) is 0.312. The van der Waals surface area contributed by atoms with Crippen LogP contribution in [0.1, 0.15) is 13.4 Å². The number of alkyl halides is 1. The van der Waals surface area contributed by atoms with Crippen LogP contribution in [0, 0.1) is 0 Å². The standard InChI is InChI=1S/C16H16ClN3O6S.Na.H/c17-9-13(21)18-11-4-1-10(2-5-11)3-6-14(22)19-8-7-12-15(19)16(23)20(12)27(24,25)26;;/h1-6,12,15H,7-9H2,(H,18,21)(H,24,25,26);;/q;+1;-1/b6-3+;;/t12-,15+;;/m1../s1. The Morgan fingerprint density at radius 2 is 1.96 bits per heavy atom. The second-order valence-electron chi connectivity index (χ2n) is 6.08. The van der Waals surface area contributed by atoms with Crippen molar-refractivity contribution in [2.24, 2.45) is 0 Å². The van der Waals surface area contributed by atoms with E-state index in [-0.39, 0.29) is 55.7 Å². The number of hydrogen-bond donors (Lipinski definition) is 2. The molecule has 2 saturated heterocycles. The van der Waals surface area contributed by atoms with E-state index in [1.54, 1.807) is 30.3 Å². The Balaban J connectivity index is 0.00000210. The molecule has 1 aromatic carbocycles. The van der Waals surface area contributed by atoms with Crippen LogP contribution in [-0.2, 0) is 24.7 Å². The summed E-state index contributed by atoms with van der Waals surface area (Å²) in [6.45, 7) is 0.222. The Bertz CT molecular complexity index is 927. The van der Waals surface area contributed by atoms with Crippen molar-refractivity contribution in [3.63, 3.8) is 0 Å². The summed E-state index contributed by atoms with van der Waals surface area (Å²) in [5.74, 6) is -1.71. The summed E-state index contributed by atoms with van der Waals surface area (Å²) in [5.41, 5.74) is 1.26. The van der Waals surface area contributed by atoms with Crippen LogP contribution in [0.5, 0.6) is 0 Å². The van der Waals surface area contributed by atoms with Gasteiger partial charge in [-0.3, -0.25) is 18.9 Å². The molecule has 0 unspecified atom stereocenters. The third-order valence-electron chi connectivity index (χ3n) is 4.40. The number of rotatable bonds is 5. The number of β-lactam (4-membered cyclic amide) rings is 1. The van der Waals surface area contributed by atoms with Gasteiger partial charge in [0.1, 0.15) is 11.9 Å². The van der Waals surface area contributed by atoms with E-state index in [2.05, 4.69) is 5.32 Å². The molecule has 0 aliphatic carbocycles. The van der Waals surface area contributed by atoms with Crippen molar-refractivity contribution in [1.29, 1.82) is 0 Å². The summed E-state index contributed by atoms with van der Waals surface area (Å²) in [7, 11) is -4.60. The molecule has 0 radical (unpaired) electrons. The number of fused-ring (bicyclic) bond motifs is 1. The van der Waals surface area contributed by atoms with Crippen molar-refractivity contribution in [1.82, 2.24) is 9.21 Å². The Kier molecular flexibility index (Phi) is 7.29. The van der Waals surface area contributed by atoms with Crippen LogP contribution in [0.4, 0.5) is 5.69 Å². The summed E-state index contributed by atoms with van der Waals surface area (Å²) in [5, 5.41) is 2.59. The molecule has 2 fully saturated rings.